The zero-order chi connectivity index (χ0) is 22.6. The number of rotatable bonds is 5. The second-order valence-electron chi connectivity index (χ2n) is 7.66. The van der Waals surface area contributed by atoms with Gasteiger partial charge in [-0.2, -0.15) is 13.2 Å². The van der Waals surface area contributed by atoms with Gasteiger partial charge in [0.05, 0.1) is 5.56 Å². The van der Waals surface area contributed by atoms with Gasteiger partial charge in [0, 0.05) is 45.9 Å². The zero-order valence-electron chi connectivity index (χ0n) is 17.6. The van der Waals surface area contributed by atoms with Gasteiger partial charge in [0.1, 0.15) is 12.3 Å². The summed E-state index contributed by atoms with van der Waals surface area (Å²) >= 11 is 0. The molecule has 9 heteroatoms. The minimum Gasteiger partial charge on any atom is -0.375 e. The number of benzene rings is 1. The molecular formula is C22H26F3N3O3. The summed E-state index contributed by atoms with van der Waals surface area (Å²) in [6.45, 7) is 1.36. The van der Waals surface area contributed by atoms with E-state index in [1.165, 1.54) is 26.3 Å². The molecule has 0 aromatic heterocycles. The van der Waals surface area contributed by atoms with Gasteiger partial charge in [-0.05, 0) is 30.4 Å². The highest BCUT2D eigenvalue weighted by atomic mass is 19.4. The van der Waals surface area contributed by atoms with Crippen molar-refractivity contribution in [2.75, 3.05) is 46.9 Å². The van der Waals surface area contributed by atoms with E-state index in [0.717, 1.165) is 6.07 Å². The van der Waals surface area contributed by atoms with Gasteiger partial charge in [-0.15, -0.1) is 0 Å². The fourth-order valence-electron chi connectivity index (χ4n) is 4.16. The van der Waals surface area contributed by atoms with Gasteiger partial charge >= 0.3 is 6.18 Å². The summed E-state index contributed by atoms with van der Waals surface area (Å²) in [5.41, 5.74) is 0.660. The van der Waals surface area contributed by atoms with Crippen LogP contribution < -0.4 is 0 Å². The summed E-state index contributed by atoms with van der Waals surface area (Å²) < 4.78 is 44.9. The van der Waals surface area contributed by atoms with E-state index in [2.05, 4.69) is 4.99 Å². The quantitative estimate of drug-likeness (QED) is 0.666. The van der Waals surface area contributed by atoms with Crippen molar-refractivity contribution < 1.29 is 27.5 Å². The van der Waals surface area contributed by atoms with E-state index in [0.29, 0.717) is 43.8 Å². The van der Waals surface area contributed by atoms with Crippen LogP contribution in [0.1, 0.15) is 29.9 Å². The van der Waals surface area contributed by atoms with Crippen molar-refractivity contribution in [3.63, 3.8) is 0 Å². The molecule has 3 rings (SSSR count). The SMILES string of the molecule is CN=C(C(=O)N1CCC(c2ccccc2C(F)(F)F)CC1)C1=CCN(C(=O)COC)C1. The number of nitrogens with zero attached hydrogens (tertiary/aromatic N) is 3. The Labute approximate surface area is 179 Å². The van der Waals surface area contributed by atoms with E-state index in [-0.39, 0.29) is 36.4 Å². The average molecular weight is 437 g/mol. The summed E-state index contributed by atoms with van der Waals surface area (Å²) in [7, 11) is 2.97. The maximum atomic E-state index is 13.3. The van der Waals surface area contributed by atoms with Crippen LogP contribution in [0.5, 0.6) is 0 Å². The van der Waals surface area contributed by atoms with Crippen molar-refractivity contribution in [1.82, 2.24) is 9.80 Å². The Kier molecular flexibility index (Phi) is 7.15. The fraction of sp³-hybridized carbons (Fsp3) is 0.500. The third-order valence-corrected chi connectivity index (χ3v) is 5.76. The van der Waals surface area contributed by atoms with Crippen molar-refractivity contribution in [3.05, 3.63) is 47.0 Å². The monoisotopic (exact) mass is 437 g/mol. The first-order valence-corrected chi connectivity index (χ1v) is 10.1. The molecule has 1 aromatic rings. The fourth-order valence-corrected chi connectivity index (χ4v) is 4.16. The molecule has 1 saturated heterocycles. The van der Waals surface area contributed by atoms with Crippen LogP contribution in [0.4, 0.5) is 13.2 Å². The molecule has 2 heterocycles. The standard InChI is InChI=1S/C22H26F3N3O3/c1-26-20(16-9-12-28(13-16)19(29)14-31-2)21(30)27-10-7-15(8-11-27)17-5-3-4-6-18(17)22(23,24)25/h3-6,9,15H,7-8,10-14H2,1-2H3. The van der Waals surface area contributed by atoms with Gasteiger partial charge in [0.25, 0.3) is 5.91 Å². The second kappa shape index (κ2) is 9.64. The number of aliphatic imine (C=N–C) groups is 1. The molecule has 6 nitrogen and oxygen atoms in total. The number of halogens is 3. The molecular weight excluding hydrogens is 411 g/mol. The average Bonchev–Trinajstić information content (AvgIpc) is 3.24. The van der Waals surface area contributed by atoms with E-state index in [9.17, 15) is 22.8 Å². The molecule has 0 radical (unpaired) electrons. The molecule has 0 unspecified atom stereocenters. The summed E-state index contributed by atoms with van der Waals surface area (Å²) in [5, 5.41) is 0. The molecule has 0 saturated carbocycles. The van der Waals surface area contributed by atoms with E-state index in [1.807, 2.05) is 0 Å². The molecule has 0 N–H and O–H groups in total. The molecule has 31 heavy (non-hydrogen) atoms. The first-order valence-electron chi connectivity index (χ1n) is 10.1. The van der Waals surface area contributed by atoms with Crippen LogP contribution in [0.2, 0.25) is 0 Å². The number of alkyl halides is 3. The zero-order valence-corrected chi connectivity index (χ0v) is 17.6. The maximum absolute atomic E-state index is 13.3. The van der Waals surface area contributed by atoms with Crippen LogP contribution in [0.3, 0.4) is 0 Å². The van der Waals surface area contributed by atoms with Gasteiger partial charge in [-0.25, -0.2) is 0 Å². The third kappa shape index (κ3) is 5.15. The van der Waals surface area contributed by atoms with Crippen molar-refractivity contribution in [2.45, 2.75) is 24.9 Å². The molecule has 168 valence electrons. The third-order valence-electron chi connectivity index (χ3n) is 5.76. The van der Waals surface area contributed by atoms with E-state index < -0.39 is 11.7 Å². The Morgan fingerprint density at radius 3 is 2.45 bits per heavy atom. The summed E-state index contributed by atoms with van der Waals surface area (Å²) in [6.07, 6.45) is -1.69. The maximum Gasteiger partial charge on any atom is 0.416 e. The number of ether oxygens (including phenoxy) is 1. The minimum atomic E-state index is -4.40. The number of carbonyl (C=O) groups is 2. The molecule has 0 bridgehead atoms. The highest BCUT2D eigenvalue weighted by molar-refractivity contribution is 6.45. The Bertz CT molecular complexity index is 887. The van der Waals surface area contributed by atoms with Crippen LogP contribution >= 0.6 is 0 Å². The lowest BCUT2D eigenvalue weighted by atomic mass is 9.86. The predicted octanol–water partition coefficient (Wildman–Crippen LogP) is 2.90. The smallest absolute Gasteiger partial charge is 0.375 e. The summed E-state index contributed by atoms with van der Waals surface area (Å²) in [4.78, 5) is 32.4. The lowest BCUT2D eigenvalue weighted by Gasteiger charge is -2.33. The van der Waals surface area contributed by atoms with Crippen molar-refractivity contribution >= 4 is 17.5 Å². The van der Waals surface area contributed by atoms with Crippen LogP contribution in [0, 0.1) is 0 Å². The van der Waals surface area contributed by atoms with Crippen LogP contribution in [-0.4, -0.2) is 74.3 Å². The number of amides is 2. The van der Waals surface area contributed by atoms with Gasteiger partial charge in [-0.3, -0.25) is 14.6 Å². The van der Waals surface area contributed by atoms with Crippen molar-refractivity contribution in [3.8, 4) is 0 Å². The van der Waals surface area contributed by atoms with Crippen molar-refractivity contribution in [2.24, 2.45) is 4.99 Å². The molecule has 0 aliphatic carbocycles. The van der Waals surface area contributed by atoms with Gasteiger partial charge in [0.2, 0.25) is 5.91 Å². The molecule has 2 aliphatic rings. The molecule has 2 amide bonds. The highest BCUT2D eigenvalue weighted by Gasteiger charge is 2.36. The van der Waals surface area contributed by atoms with Crippen LogP contribution in [0.15, 0.2) is 40.9 Å². The van der Waals surface area contributed by atoms with E-state index in [1.54, 1.807) is 21.9 Å². The molecule has 1 fully saturated rings. The normalized spacial score (nSPS) is 18.4. The Morgan fingerprint density at radius 1 is 1.16 bits per heavy atom. The Morgan fingerprint density at radius 2 is 1.84 bits per heavy atom. The number of carbonyl (C=O) groups excluding carboxylic acids is 2. The lowest BCUT2D eigenvalue weighted by Crippen LogP contribution is -2.43. The molecule has 0 atom stereocenters. The number of likely N-dealkylation sites (tertiary alicyclic amines) is 1. The largest absolute Gasteiger partial charge is 0.416 e. The van der Waals surface area contributed by atoms with Gasteiger partial charge in [0.15, 0.2) is 0 Å². The first kappa shape index (κ1) is 23.0. The minimum absolute atomic E-state index is 0.0272. The van der Waals surface area contributed by atoms with E-state index in [4.69, 9.17) is 4.74 Å². The van der Waals surface area contributed by atoms with Gasteiger partial charge in [-0.1, -0.05) is 24.3 Å². The Hall–Kier alpha value is -2.68. The number of piperidine rings is 1. The second-order valence-corrected chi connectivity index (χ2v) is 7.66. The summed E-state index contributed by atoms with van der Waals surface area (Å²) in [6, 6.07) is 5.65. The van der Waals surface area contributed by atoms with Crippen LogP contribution in [-0.2, 0) is 20.5 Å². The molecule has 0 spiro atoms. The van der Waals surface area contributed by atoms with Crippen molar-refractivity contribution in [1.29, 1.82) is 0 Å². The van der Waals surface area contributed by atoms with Crippen LogP contribution in [0.25, 0.3) is 0 Å². The molecule has 1 aromatic carbocycles. The van der Waals surface area contributed by atoms with E-state index >= 15 is 0 Å². The number of methoxy groups -OCH3 is 1. The number of hydrogen-bond acceptors (Lipinski definition) is 4. The predicted molar refractivity (Wildman–Crippen MR) is 110 cm³/mol. The lowest BCUT2D eigenvalue weighted by molar-refractivity contribution is -0.138. The highest BCUT2D eigenvalue weighted by Crippen LogP contribution is 2.38. The summed E-state index contributed by atoms with van der Waals surface area (Å²) in [5.74, 6) is -0.671. The number of hydrogen-bond donors (Lipinski definition) is 0. The van der Waals surface area contributed by atoms with Gasteiger partial charge < -0.3 is 14.5 Å². The Balaban J connectivity index is 1.64. The first-order chi connectivity index (χ1) is 14.8. The molecule has 2 aliphatic heterocycles. The topological polar surface area (TPSA) is 62.2 Å².